The zero-order valence-corrected chi connectivity index (χ0v) is 30.3. The minimum atomic E-state index is -0.256. The van der Waals surface area contributed by atoms with Gasteiger partial charge in [-0.05, 0) is 99.9 Å². The maximum atomic E-state index is 13.2. The minimum Gasteiger partial charge on any atom is -1.00 e. The summed E-state index contributed by atoms with van der Waals surface area (Å²) in [6.45, 7) is 9.37. The molecular weight excluding hydrogens is 792 g/mol. The van der Waals surface area contributed by atoms with E-state index in [2.05, 4.69) is 53.9 Å². The van der Waals surface area contributed by atoms with Crippen molar-refractivity contribution in [3.05, 3.63) is 58.2 Å². The van der Waals surface area contributed by atoms with E-state index in [9.17, 15) is 18.4 Å². The summed E-state index contributed by atoms with van der Waals surface area (Å²) in [5.41, 5.74) is 4.62. The van der Waals surface area contributed by atoms with E-state index in [-0.39, 0.29) is 71.9 Å². The molecule has 0 aliphatic carbocycles. The van der Waals surface area contributed by atoms with E-state index in [1.165, 1.54) is 46.9 Å². The number of hydrogen-bond acceptors (Lipinski definition) is 2. The van der Waals surface area contributed by atoms with Crippen LogP contribution >= 0.6 is 9.19 Å². The summed E-state index contributed by atoms with van der Waals surface area (Å²) >= 11 is 2.42. The van der Waals surface area contributed by atoms with Crippen LogP contribution in [0.5, 0.6) is 0 Å². The molecule has 0 saturated carbocycles. The molecule has 2 aromatic carbocycles. The molecule has 0 aromatic heterocycles. The number of likely N-dealkylation sites (tertiary alicyclic amines) is 2. The first-order chi connectivity index (χ1) is 19.0. The molecule has 2 fully saturated rings. The third kappa shape index (κ3) is 12.0. The number of carbonyl (C=O) groups excluding carboxylic acids is 2. The van der Waals surface area contributed by atoms with Gasteiger partial charge in [-0.25, -0.2) is 8.78 Å². The van der Waals surface area contributed by atoms with Crippen LogP contribution < -0.4 is 56.8 Å². The van der Waals surface area contributed by atoms with Gasteiger partial charge in [-0.3, -0.25) is 9.59 Å². The fraction of sp³-hybridized carbons (Fsp3) is 0.533. The number of nitrogens with one attached hydrogen (secondary N) is 4. The molecule has 4 atom stereocenters. The van der Waals surface area contributed by atoms with Gasteiger partial charge in [0.2, 0.25) is 0 Å². The van der Waals surface area contributed by atoms with Gasteiger partial charge in [-0.2, -0.15) is 0 Å². The Balaban J connectivity index is 0.000000723. The smallest absolute Gasteiger partial charge is 1.00 e. The van der Waals surface area contributed by atoms with Gasteiger partial charge < -0.3 is 56.8 Å². The first kappa shape index (κ1) is 41.2. The van der Waals surface area contributed by atoms with E-state index < -0.39 is 0 Å². The largest absolute Gasteiger partial charge is 1.00 e. The Morgan fingerprint density at radius 3 is 1.26 bits per heavy atom. The molecule has 6 nitrogen and oxygen atoms in total. The van der Waals surface area contributed by atoms with E-state index in [0.29, 0.717) is 0 Å². The molecule has 4 N–H and O–H groups in total. The van der Waals surface area contributed by atoms with Crippen molar-refractivity contribution >= 4 is 32.4 Å². The Bertz CT molecular complexity index is 1040. The van der Waals surface area contributed by atoms with Crippen LogP contribution in [0.25, 0.3) is 0 Å². The number of aryl methyl sites for hydroxylation is 4. The standard InChI is InChI=1S/2C15H21FN2O.Ag.2ClH.HI/c2*1-10-8-12(16)9-11(2)14(10)17-15(19)13-6-4-5-7-18(13)3;;;;/h2*8-9,13H,4-7H2,1-3H3,(H,17,19);;3*1H/q;;+1;;;/p-1. The van der Waals surface area contributed by atoms with Crippen molar-refractivity contribution in [1.29, 1.82) is 0 Å². The van der Waals surface area contributed by atoms with Gasteiger partial charge in [-0.15, -0.1) is 0 Å². The van der Waals surface area contributed by atoms with Crippen LogP contribution in [0.15, 0.2) is 24.3 Å². The molecular formula is C30H44AgCl2F2IN4O2. The third-order valence-corrected chi connectivity index (χ3v) is 7.94. The van der Waals surface area contributed by atoms with Gasteiger partial charge in [0, 0.05) is 24.2 Å². The summed E-state index contributed by atoms with van der Waals surface area (Å²) in [5, 5.41) is 5.96. The molecule has 242 valence electrons. The van der Waals surface area contributed by atoms with Crippen LogP contribution in [0, 0.1) is 39.3 Å². The van der Waals surface area contributed by atoms with Crippen LogP contribution in [-0.2, 0) is 29.6 Å². The fourth-order valence-corrected chi connectivity index (χ4v) is 5.69. The second-order valence-corrected chi connectivity index (χ2v) is 11.1. The Hall–Kier alpha value is -0.790. The molecule has 2 heterocycles. The van der Waals surface area contributed by atoms with Crippen LogP contribution in [0.2, 0.25) is 0 Å². The molecule has 2 aromatic rings. The predicted molar refractivity (Wildman–Crippen MR) is 154 cm³/mol. The van der Waals surface area contributed by atoms with Crippen LogP contribution in [-0.4, -0.2) is 51.1 Å². The number of carbonyl (C=O) groups is 2. The average Bonchev–Trinajstić information content (AvgIpc) is 2.90. The van der Waals surface area contributed by atoms with Gasteiger partial charge in [0.1, 0.15) is 11.6 Å². The van der Waals surface area contributed by atoms with Crippen LogP contribution in [0.1, 0.15) is 60.8 Å². The number of hydrogen-bond donors (Lipinski definition) is 4. The maximum absolute atomic E-state index is 13.2. The second-order valence-electron chi connectivity index (χ2n) is 11.1. The molecule has 4 unspecified atom stereocenters. The van der Waals surface area contributed by atoms with Crippen molar-refractivity contribution in [2.45, 2.75) is 78.3 Å². The van der Waals surface area contributed by atoms with Crippen LogP contribution in [0.3, 0.4) is 0 Å². The van der Waals surface area contributed by atoms with E-state index >= 15 is 0 Å². The minimum absolute atomic E-state index is 0. The fourth-order valence-electron chi connectivity index (χ4n) is 5.69. The first-order valence-corrected chi connectivity index (χ1v) is 15.8. The SMILES string of the molecule is Cc1cc(F)cc(C)c1NC(=O)C1CCCC[NH+]1C.Cc1cc(F)cc(C)c1NC(=O)C1CCCC[NH+]1C.[Cl-].[Cl][Ag].[I-]. The molecule has 12 heteroatoms. The molecule has 0 spiro atoms. The maximum Gasteiger partial charge on any atom is -1.00 e. The zero-order chi connectivity index (χ0) is 30.0. The summed E-state index contributed by atoms with van der Waals surface area (Å²) in [4.78, 5) is 27.2. The summed E-state index contributed by atoms with van der Waals surface area (Å²) in [5.74, 6) is -0.410. The van der Waals surface area contributed by atoms with E-state index in [4.69, 9.17) is 0 Å². The van der Waals surface area contributed by atoms with Gasteiger partial charge in [0.25, 0.3) is 11.8 Å². The average molecular weight is 836 g/mol. The zero-order valence-electron chi connectivity index (χ0n) is 25.1. The summed E-state index contributed by atoms with van der Waals surface area (Å²) in [6, 6.07) is 5.86. The normalized spacial score (nSPS) is 21.1. The molecule has 2 amide bonds. The Labute approximate surface area is 289 Å². The van der Waals surface area contributed by atoms with Crippen molar-refractivity contribution < 1.29 is 84.5 Å². The van der Waals surface area contributed by atoms with Crippen molar-refractivity contribution in [3.63, 3.8) is 0 Å². The number of likely N-dealkylation sites (N-methyl/N-ethyl adjacent to an activating group) is 2. The number of rotatable bonds is 4. The molecule has 42 heavy (non-hydrogen) atoms. The molecule has 2 aliphatic rings. The van der Waals surface area contributed by atoms with Crippen molar-refractivity contribution in [2.24, 2.45) is 0 Å². The Kier molecular flexibility index (Phi) is 19.9. The van der Waals surface area contributed by atoms with E-state index in [1.54, 1.807) is 0 Å². The number of amides is 2. The molecule has 2 saturated heterocycles. The number of halogens is 5. The second kappa shape index (κ2) is 20.3. The molecule has 0 radical (unpaired) electrons. The van der Waals surface area contributed by atoms with Gasteiger partial charge in [-0.1, -0.05) is 0 Å². The number of anilines is 2. The Morgan fingerprint density at radius 1 is 0.714 bits per heavy atom. The molecule has 0 bridgehead atoms. The Morgan fingerprint density at radius 2 is 1.00 bits per heavy atom. The van der Waals surface area contributed by atoms with E-state index in [1.807, 2.05) is 27.7 Å². The van der Waals surface area contributed by atoms with Gasteiger partial charge in [0.15, 0.2) is 12.1 Å². The quantitative estimate of drug-likeness (QED) is 0.205. The summed E-state index contributed by atoms with van der Waals surface area (Å²) in [7, 11) is 8.58. The number of benzene rings is 2. The topological polar surface area (TPSA) is 67.1 Å². The monoisotopic (exact) mass is 834 g/mol. The van der Waals surface area contributed by atoms with Gasteiger partial charge in [0.05, 0.1) is 27.2 Å². The van der Waals surface area contributed by atoms with Gasteiger partial charge >= 0.3 is 29.2 Å². The number of piperidine rings is 2. The third-order valence-electron chi connectivity index (χ3n) is 7.94. The van der Waals surface area contributed by atoms with Crippen molar-refractivity contribution in [3.8, 4) is 0 Å². The number of quaternary nitrogens is 2. The van der Waals surface area contributed by atoms with Crippen LogP contribution in [0.4, 0.5) is 20.2 Å². The molecule has 2 aliphatic heterocycles. The first-order valence-electron chi connectivity index (χ1n) is 13.9. The summed E-state index contributed by atoms with van der Waals surface area (Å²) in [6.07, 6.45) is 6.44. The van der Waals surface area contributed by atoms with Crippen molar-refractivity contribution in [1.82, 2.24) is 0 Å². The molecule has 4 rings (SSSR count). The summed E-state index contributed by atoms with van der Waals surface area (Å²) < 4.78 is 26.5. The van der Waals surface area contributed by atoms with E-state index in [0.717, 1.165) is 72.4 Å². The van der Waals surface area contributed by atoms with Crippen molar-refractivity contribution in [2.75, 3.05) is 37.8 Å². The predicted octanol–water partition coefficient (Wildman–Crippen LogP) is -2.41.